The lowest BCUT2D eigenvalue weighted by atomic mass is 10.2. The SMILES string of the molecule is CC(S)OC1CCCS(=O)C1. The largest absolute Gasteiger partial charge is 0.364 e. The highest BCUT2D eigenvalue weighted by Crippen LogP contribution is 2.14. The summed E-state index contributed by atoms with van der Waals surface area (Å²) in [6.45, 7) is 1.89. The Balaban J connectivity index is 2.28. The highest BCUT2D eigenvalue weighted by Gasteiger charge is 2.19. The molecule has 1 aliphatic heterocycles. The average molecular weight is 194 g/mol. The molecule has 4 heteroatoms. The van der Waals surface area contributed by atoms with E-state index in [-0.39, 0.29) is 11.5 Å². The smallest absolute Gasteiger partial charge is 0.0975 e. The molecule has 0 N–H and O–H groups in total. The molecule has 1 fully saturated rings. The second-order valence-electron chi connectivity index (χ2n) is 2.81. The Morgan fingerprint density at radius 1 is 1.73 bits per heavy atom. The van der Waals surface area contributed by atoms with E-state index in [1.807, 2.05) is 6.92 Å². The van der Waals surface area contributed by atoms with Crippen molar-refractivity contribution in [3.8, 4) is 0 Å². The Morgan fingerprint density at radius 2 is 2.45 bits per heavy atom. The molecule has 0 bridgehead atoms. The quantitative estimate of drug-likeness (QED) is 0.528. The van der Waals surface area contributed by atoms with Gasteiger partial charge in [-0.2, -0.15) is 0 Å². The molecule has 66 valence electrons. The van der Waals surface area contributed by atoms with Crippen molar-refractivity contribution in [3.63, 3.8) is 0 Å². The predicted octanol–water partition coefficient (Wildman–Crippen LogP) is 1.19. The van der Waals surface area contributed by atoms with Gasteiger partial charge in [0.1, 0.15) is 0 Å². The van der Waals surface area contributed by atoms with Crippen LogP contribution in [0.4, 0.5) is 0 Å². The monoisotopic (exact) mass is 194 g/mol. The molecule has 0 aromatic carbocycles. The summed E-state index contributed by atoms with van der Waals surface area (Å²) >= 11 is 4.12. The fourth-order valence-corrected chi connectivity index (χ4v) is 2.72. The van der Waals surface area contributed by atoms with Crippen LogP contribution in [0, 0.1) is 0 Å². The summed E-state index contributed by atoms with van der Waals surface area (Å²) in [6, 6.07) is 0. The van der Waals surface area contributed by atoms with Gasteiger partial charge in [-0.05, 0) is 19.8 Å². The summed E-state index contributed by atoms with van der Waals surface area (Å²) in [6.07, 6.45) is 2.24. The zero-order valence-corrected chi connectivity index (χ0v) is 8.37. The molecule has 2 nitrogen and oxygen atoms in total. The fourth-order valence-electron chi connectivity index (χ4n) is 1.23. The van der Waals surface area contributed by atoms with Crippen LogP contribution < -0.4 is 0 Å². The van der Waals surface area contributed by atoms with Gasteiger partial charge in [-0.15, -0.1) is 12.6 Å². The Kier molecular flexibility index (Phi) is 3.89. The van der Waals surface area contributed by atoms with E-state index < -0.39 is 10.8 Å². The minimum Gasteiger partial charge on any atom is -0.364 e. The highest BCUT2D eigenvalue weighted by atomic mass is 32.2. The van der Waals surface area contributed by atoms with E-state index in [9.17, 15) is 4.21 Å². The molecular weight excluding hydrogens is 180 g/mol. The Bertz CT molecular complexity index is 147. The molecule has 1 saturated heterocycles. The van der Waals surface area contributed by atoms with Crippen molar-refractivity contribution in [3.05, 3.63) is 0 Å². The fraction of sp³-hybridized carbons (Fsp3) is 1.00. The molecule has 0 amide bonds. The highest BCUT2D eigenvalue weighted by molar-refractivity contribution is 7.85. The maximum Gasteiger partial charge on any atom is 0.0975 e. The first kappa shape index (κ1) is 9.55. The number of hydrogen-bond donors (Lipinski definition) is 1. The molecule has 11 heavy (non-hydrogen) atoms. The number of ether oxygens (including phenoxy) is 1. The normalized spacial score (nSPS) is 35.1. The predicted molar refractivity (Wildman–Crippen MR) is 50.4 cm³/mol. The molecule has 0 aromatic rings. The van der Waals surface area contributed by atoms with Crippen LogP contribution in [-0.4, -0.2) is 27.3 Å². The lowest BCUT2D eigenvalue weighted by Gasteiger charge is -2.23. The molecule has 1 aliphatic rings. The van der Waals surface area contributed by atoms with Gasteiger partial charge in [0.25, 0.3) is 0 Å². The van der Waals surface area contributed by atoms with Crippen molar-refractivity contribution >= 4 is 23.4 Å². The third-order valence-corrected chi connectivity index (χ3v) is 3.27. The zero-order chi connectivity index (χ0) is 8.27. The van der Waals surface area contributed by atoms with Gasteiger partial charge < -0.3 is 4.74 Å². The standard InChI is InChI=1S/C7H14O2S2/c1-6(10)9-7-3-2-4-11(8)5-7/h6-7,10H,2-5H2,1H3. The van der Waals surface area contributed by atoms with Gasteiger partial charge in [-0.3, -0.25) is 4.21 Å². The van der Waals surface area contributed by atoms with Gasteiger partial charge in [0.05, 0.1) is 11.5 Å². The second kappa shape index (κ2) is 4.48. The van der Waals surface area contributed by atoms with E-state index in [0.29, 0.717) is 5.75 Å². The molecule has 1 heterocycles. The van der Waals surface area contributed by atoms with E-state index in [4.69, 9.17) is 4.74 Å². The molecular formula is C7H14O2S2. The van der Waals surface area contributed by atoms with Crippen molar-refractivity contribution < 1.29 is 8.95 Å². The maximum atomic E-state index is 11.1. The molecule has 0 aliphatic carbocycles. The lowest BCUT2D eigenvalue weighted by molar-refractivity contribution is 0.0522. The van der Waals surface area contributed by atoms with Crippen LogP contribution in [0.15, 0.2) is 0 Å². The molecule has 0 aromatic heterocycles. The number of thiol groups is 1. The van der Waals surface area contributed by atoms with Crippen LogP contribution in [-0.2, 0) is 15.5 Å². The molecule has 0 saturated carbocycles. The van der Waals surface area contributed by atoms with Gasteiger partial charge in [0.2, 0.25) is 0 Å². The van der Waals surface area contributed by atoms with Gasteiger partial charge >= 0.3 is 0 Å². The summed E-state index contributed by atoms with van der Waals surface area (Å²) in [5, 5.41) is 0. The van der Waals surface area contributed by atoms with Crippen LogP contribution in [0.25, 0.3) is 0 Å². The lowest BCUT2D eigenvalue weighted by Crippen LogP contribution is -2.29. The van der Waals surface area contributed by atoms with Gasteiger partial charge in [-0.25, -0.2) is 0 Å². The first-order valence-corrected chi connectivity index (χ1v) is 5.87. The third kappa shape index (κ3) is 3.58. The van der Waals surface area contributed by atoms with Crippen molar-refractivity contribution in [2.45, 2.75) is 31.3 Å². The van der Waals surface area contributed by atoms with Crippen LogP contribution in [0.1, 0.15) is 19.8 Å². The summed E-state index contributed by atoms with van der Waals surface area (Å²) < 4.78 is 16.5. The molecule has 3 unspecified atom stereocenters. The van der Waals surface area contributed by atoms with E-state index in [2.05, 4.69) is 12.6 Å². The first-order valence-electron chi connectivity index (χ1n) is 3.87. The summed E-state index contributed by atoms with van der Waals surface area (Å²) in [4.78, 5) is 0. The van der Waals surface area contributed by atoms with E-state index in [1.165, 1.54) is 0 Å². The topological polar surface area (TPSA) is 26.3 Å². The van der Waals surface area contributed by atoms with Crippen LogP contribution >= 0.6 is 12.6 Å². The number of rotatable bonds is 2. The Labute approximate surface area is 75.6 Å². The Hall–Kier alpha value is 0.460. The third-order valence-electron chi connectivity index (χ3n) is 1.66. The average Bonchev–Trinajstić information content (AvgIpc) is 1.85. The van der Waals surface area contributed by atoms with Gasteiger partial charge in [-0.1, -0.05) is 0 Å². The van der Waals surface area contributed by atoms with E-state index in [1.54, 1.807) is 0 Å². The van der Waals surface area contributed by atoms with Crippen LogP contribution in [0.2, 0.25) is 0 Å². The molecule has 0 radical (unpaired) electrons. The first-order chi connectivity index (χ1) is 5.18. The molecule has 3 atom stereocenters. The van der Waals surface area contributed by atoms with E-state index in [0.717, 1.165) is 18.6 Å². The van der Waals surface area contributed by atoms with Gasteiger partial charge in [0.15, 0.2) is 0 Å². The molecule has 1 rings (SSSR count). The minimum atomic E-state index is -0.646. The van der Waals surface area contributed by atoms with Crippen molar-refractivity contribution in [2.24, 2.45) is 0 Å². The summed E-state index contributed by atoms with van der Waals surface area (Å²) in [7, 11) is -0.646. The van der Waals surface area contributed by atoms with Crippen LogP contribution in [0.5, 0.6) is 0 Å². The summed E-state index contributed by atoms with van der Waals surface area (Å²) in [5.41, 5.74) is -0.0323. The van der Waals surface area contributed by atoms with Gasteiger partial charge in [0, 0.05) is 22.3 Å². The van der Waals surface area contributed by atoms with E-state index >= 15 is 0 Å². The minimum absolute atomic E-state index is 0.0323. The Morgan fingerprint density at radius 3 is 3.00 bits per heavy atom. The van der Waals surface area contributed by atoms with Crippen molar-refractivity contribution in [2.75, 3.05) is 11.5 Å². The van der Waals surface area contributed by atoms with Crippen LogP contribution in [0.3, 0.4) is 0 Å². The second-order valence-corrected chi connectivity index (χ2v) is 5.16. The molecule has 0 spiro atoms. The zero-order valence-electron chi connectivity index (χ0n) is 6.66. The maximum absolute atomic E-state index is 11.1. The summed E-state index contributed by atoms with van der Waals surface area (Å²) in [5.74, 6) is 1.55. The van der Waals surface area contributed by atoms with Crippen molar-refractivity contribution in [1.82, 2.24) is 0 Å². The van der Waals surface area contributed by atoms with Crippen molar-refractivity contribution in [1.29, 1.82) is 0 Å². The number of hydrogen-bond acceptors (Lipinski definition) is 3.